The molecule has 2 heteroatoms. The minimum Gasteiger partial charge on any atom is -0.329 e. The van der Waals surface area contributed by atoms with Crippen LogP contribution in [-0.2, 0) is 6.54 Å². The summed E-state index contributed by atoms with van der Waals surface area (Å²) in [6.07, 6.45) is 2.56. The van der Waals surface area contributed by atoms with Crippen molar-refractivity contribution in [2.75, 3.05) is 13.1 Å². The van der Waals surface area contributed by atoms with E-state index in [0.29, 0.717) is 6.04 Å². The van der Waals surface area contributed by atoms with Gasteiger partial charge in [-0.15, -0.1) is 0 Å². The zero-order chi connectivity index (χ0) is 11.4. The molecule has 2 N–H and O–H groups in total. The Morgan fingerprint density at radius 3 is 2.75 bits per heavy atom. The largest absolute Gasteiger partial charge is 0.329 e. The lowest BCUT2D eigenvalue weighted by molar-refractivity contribution is 0.115. The van der Waals surface area contributed by atoms with Gasteiger partial charge in [-0.05, 0) is 30.9 Å². The maximum Gasteiger partial charge on any atom is 0.0237 e. The summed E-state index contributed by atoms with van der Waals surface area (Å²) in [5, 5.41) is 0. The highest BCUT2D eigenvalue weighted by molar-refractivity contribution is 5.14. The van der Waals surface area contributed by atoms with Crippen LogP contribution in [0.25, 0.3) is 0 Å². The number of piperidine rings is 1. The maximum atomic E-state index is 5.87. The Bertz CT molecular complexity index is 310. The first-order valence-corrected chi connectivity index (χ1v) is 6.27. The van der Waals surface area contributed by atoms with Gasteiger partial charge in [0.1, 0.15) is 0 Å². The molecule has 0 spiro atoms. The van der Waals surface area contributed by atoms with Gasteiger partial charge in [-0.25, -0.2) is 0 Å². The lowest BCUT2D eigenvalue weighted by Crippen LogP contribution is -2.45. The van der Waals surface area contributed by atoms with Crippen LogP contribution in [0.4, 0.5) is 0 Å². The molecule has 0 aromatic heterocycles. The average Bonchev–Trinajstić information content (AvgIpc) is 2.33. The number of nitrogens with zero attached hydrogens (tertiary/aromatic N) is 1. The molecule has 0 amide bonds. The van der Waals surface area contributed by atoms with E-state index in [0.717, 1.165) is 19.0 Å². The van der Waals surface area contributed by atoms with Crippen molar-refractivity contribution in [1.29, 1.82) is 0 Å². The van der Waals surface area contributed by atoms with Crippen LogP contribution in [0.15, 0.2) is 30.3 Å². The van der Waals surface area contributed by atoms with E-state index in [9.17, 15) is 0 Å². The van der Waals surface area contributed by atoms with Crippen LogP contribution in [0.2, 0.25) is 0 Å². The molecular formula is C14H22N2. The summed E-state index contributed by atoms with van der Waals surface area (Å²) in [7, 11) is 0. The van der Waals surface area contributed by atoms with Crippen LogP contribution in [0.5, 0.6) is 0 Å². The van der Waals surface area contributed by atoms with Crippen molar-refractivity contribution in [2.24, 2.45) is 11.7 Å². The van der Waals surface area contributed by atoms with Crippen LogP contribution in [0.3, 0.4) is 0 Å². The zero-order valence-corrected chi connectivity index (χ0v) is 10.1. The monoisotopic (exact) mass is 218 g/mol. The lowest BCUT2D eigenvalue weighted by atomic mass is 9.92. The van der Waals surface area contributed by atoms with E-state index in [4.69, 9.17) is 5.73 Å². The van der Waals surface area contributed by atoms with Gasteiger partial charge in [-0.2, -0.15) is 0 Å². The first-order chi connectivity index (χ1) is 7.79. The van der Waals surface area contributed by atoms with Crippen LogP contribution in [0, 0.1) is 5.92 Å². The number of rotatable bonds is 3. The highest BCUT2D eigenvalue weighted by Crippen LogP contribution is 2.23. The summed E-state index contributed by atoms with van der Waals surface area (Å²) in [6, 6.07) is 11.3. The number of hydrogen-bond acceptors (Lipinski definition) is 2. The summed E-state index contributed by atoms with van der Waals surface area (Å²) in [5.74, 6) is 0.834. The second kappa shape index (κ2) is 5.46. The minimum absolute atomic E-state index is 0.573. The second-order valence-electron chi connectivity index (χ2n) is 4.98. The van der Waals surface area contributed by atoms with Gasteiger partial charge < -0.3 is 5.73 Å². The van der Waals surface area contributed by atoms with Crippen LogP contribution in [0.1, 0.15) is 25.3 Å². The molecule has 2 atom stereocenters. The Hall–Kier alpha value is -0.860. The van der Waals surface area contributed by atoms with Gasteiger partial charge in [0, 0.05) is 19.1 Å². The molecule has 2 nitrogen and oxygen atoms in total. The molecule has 1 aliphatic heterocycles. The van der Waals surface area contributed by atoms with Crippen molar-refractivity contribution in [3.63, 3.8) is 0 Å². The fraction of sp³-hybridized carbons (Fsp3) is 0.571. The van der Waals surface area contributed by atoms with E-state index in [2.05, 4.69) is 42.2 Å². The SMILES string of the molecule is CC1CCN(Cc2ccccc2)C(CN)C1. The molecule has 0 aliphatic carbocycles. The Labute approximate surface area is 98.4 Å². The standard InChI is InChI=1S/C14H22N2/c1-12-7-8-16(14(9-12)10-15)11-13-5-3-2-4-6-13/h2-6,12,14H,7-11,15H2,1H3. The van der Waals surface area contributed by atoms with Gasteiger partial charge in [0.25, 0.3) is 0 Å². The number of hydrogen-bond donors (Lipinski definition) is 1. The summed E-state index contributed by atoms with van der Waals surface area (Å²) in [5.41, 5.74) is 7.27. The quantitative estimate of drug-likeness (QED) is 0.843. The number of nitrogens with two attached hydrogens (primary N) is 1. The molecule has 1 fully saturated rings. The highest BCUT2D eigenvalue weighted by Gasteiger charge is 2.24. The molecule has 0 radical (unpaired) electrons. The smallest absolute Gasteiger partial charge is 0.0237 e. The molecule has 0 saturated carbocycles. The van der Waals surface area contributed by atoms with Gasteiger partial charge in [-0.3, -0.25) is 4.90 Å². The van der Waals surface area contributed by atoms with Gasteiger partial charge >= 0.3 is 0 Å². The normalized spacial score (nSPS) is 26.9. The van der Waals surface area contributed by atoms with E-state index in [1.54, 1.807) is 0 Å². The van der Waals surface area contributed by atoms with E-state index >= 15 is 0 Å². The molecule has 16 heavy (non-hydrogen) atoms. The number of benzene rings is 1. The van der Waals surface area contributed by atoms with Gasteiger partial charge in [0.15, 0.2) is 0 Å². The van der Waals surface area contributed by atoms with Crippen molar-refractivity contribution in [1.82, 2.24) is 4.90 Å². The summed E-state index contributed by atoms with van der Waals surface area (Å²) in [6.45, 7) is 5.37. The van der Waals surface area contributed by atoms with E-state index in [-0.39, 0.29) is 0 Å². The Morgan fingerprint density at radius 1 is 1.31 bits per heavy atom. The fourth-order valence-electron chi connectivity index (χ4n) is 2.57. The van der Waals surface area contributed by atoms with Crippen molar-refractivity contribution in [2.45, 2.75) is 32.4 Å². The first kappa shape index (κ1) is 11.6. The van der Waals surface area contributed by atoms with Crippen LogP contribution in [-0.4, -0.2) is 24.0 Å². The molecule has 88 valence electrons. The van der Waals surface area contributed by atoms with Gasteiger partial charge in [0.2, 0.25) is 0 Å². The van der Waals surface area contributed by atoms with Crippen molar-refractivity contribution in [3.05, 3.63) is 35.9 Å². The predicted molar refractivity (Wildman–Crippen MR) is 68.1 cm³/mol. The average molecular weight is 218 g/mol. The number of likely N-dealkylation sites (tertiary alicyclic amines) is 1. The van der Waals surface area contributed by atoms with E-state index < -0.39 is 0 Å². The van der Waals surface area contributed by atoms with Crippen molar-refractivity contribution < 1.29 is 0 Å². The maximum absolute atomic E-state index is 5.87. The second-order valence-corrected chi connectivity index (χ2v) is 4.98. The third-order valence-electron chi connectivity index (χ3n) is 3.60. The van der Waals surface area contributed by atoms with Crippen molar-refractivity contribution in [3.8, 4) is 0 Å². The lowest BCUT2D eigenvalue weighted by Gasteiger charge is -2.38. The van der Waals surface area contributed by atoms with E-state index in [1.165, 1.54) is 24.9 Å². The molecule has 2 unspecified atom stereocenters. The molecule has 1 aromatic carbocycles. The Balaban J connectivity index is 1.98. The minimum atomic E-state index is 0.573. The zero-order valence-electron chi connectivity index (χ0n) is 10.1. The molecule has 1 heterocycles. The molecule has 1 saturated heterocycles. The molecule has 1 aromatic rings. The van der Waals surface area contributed by atoms with Gasteiger partial charge in [-0.1, -0.05) is 37.3 Å². The van der Waals surface area contributed by atoms with Crippen LogP contribution >= 0.6 is 0 Å². The van der Waals surface area contributed by atoms with Crippen LogP contribution < -0.4 is 5.73 Å². The molecular weight excluding hydrogens is 196 g/mol. The third kappa shape index (κ3) is 2.83. The predicted octanol–water partition coefficient (Wildman–Crippen LogP) is 2.25. The van der Waals surface area contributed by atoms with E-state index in [1.807, 2.05) is 0 Å². The third-order valence-corrected chi connectivity index (χ3v) is 3.60. The topological polar surface area (TPSA) is 29.3 Å². The van der Waals surface area contributed by atoms with Crippen molar-refractivity contribution >= 4 is 0 Å². The Morgan fingerprint density at radius 2 is 2.06 bits per heavy atom. The summed E-state index contributed by atoms with van der Waals surface area (Å²) < 4.78 is 0. The first-order valence-electron chi connectivity index (χ1n) is 6.27. The Kier molecular flexibility index (Phi) is 3.97. The molecule has 0 bridgehead atoms. The summed E-state index contributed by atoms with van der Waals surface area (Å²) in [4.78, 5) is 2.54. The van der Waals surface area contributed by atoms with Gasteiger partial charge in [0.05, 0.1) is 0 Å². The molecule has 1 aliphatic rings. The fourth-order valence-corrected chi connectivity index (χ4v) is 2.57. The molecule has 2 rings (SSSR count). The highest BCUT2D eigenvalue weighted by atomic mass is 15.2. The summed E-state index contributed by atoms with van der Waals surface area (Å²) >= 11 is 0.